The number of aryl methyl sites for hydroxylation is 1. The van der Waals surface area contributed by atoms with Crippen molar-refractivity contribution in [2.75, 3.05) is 13.7 Å². The molecule has 2 nitrogen and oxygen atoms in total. The molecule has 1 atom stereocenters. The first-order chi connectivity index (χ1) is 7.88. The SMILES string of the molecule is COc1cc(C)c(F)cc1C1(CN)CC1(C)C. The molecule has 3 heteroatoms. The summed E-state index contributed by atoms with van der Waals surface area (Å²) in [6, 6.07) is 3.35. The van der Waals surface area contributed by atoms with E-state index in [-0.39, 0.29) is 16.6 Å². The van der Waals surface area contributed by atoms with Crippen LogP contribution in [0.25, 0.3) is 0 Å². The van der Waals surface area contributed by atoms with Gasteiger partial charge in [-0.3, -0.25) is 0 Å². The van der Waals surface area contributed by atoms with Crippen molar-refractivity contribution in [1.29, 1.82) is 0 Å². The lowest BCUT2D eigenvalue weighted by molar-refractivity contribution is 0.392. The van der Waals surface area contributed by atoms with Gasteiger partial charge in [-0.05, 0) is 36.5 Å². The highest BCUT2D eigenvalue weighted by Crippen LogP contribution is 2.65. The number of halogens is 1. The van der Waals surface area contributed by atoms with Gasteiger partial charge in [0.05, 0.1) is 7.11 Å². The van der Waals surface area contributed by atoms with Crippen molar-refractivity contribution in [2.24, 2.45) is 11.1 Å². The lowest BCUT2D eigenvalue weighted by Gasteiger charge is -2.22. The lowest BCUT2D eigenvalue weighted by atomic mass is 9.86. The zero-order valence-electron chi connectivity index (χ0n) is 10.9. The highest BCUT2D eigenvalue weighted by molar-refractivity contribution is 5.49. The maximum atomic E-state index is 13.7. The Labute approximate surface area is 102 Å². The van der Waals surface area contributed by atoms with Crippen LogP contribution in [0, 0.1) is 18.2 Å². The van der Waals surface area contributed by atoms with Crippen molar-refractivity contribution in [1.82, 2.24) is 0 Å². The first-order valence-corrected chi connectivity index (χ1v) is 5.92. The van der Waals surface area contributed by atoms with E-state index in [1.54, 1.807) is 26.2 Å². The Kier molecular flexibility index (Phi) is 2.69. The van der Waals surface area contributed by atoms with E-state index >= 15 is 0 Å². The predicted molar refractivity (Wildman–Crippen MR) is 66.8 cm³/mol. The van der Waals surface area contributed by atoms with Crippen LogP contribution in [0.15, 0.2) is 12.1 Å². The minimum absolute atomic E-state index is 0.122. The molecule has 0 aliphatic heterocycles. The molecule has 1 saturated carbocycles. The monoisotopic (exact) mass is 237 g/mol. The van der Waals surface area contributed by atoms with E-state index in [2.05, 4.69) is 13.8 Å². The summed E-state index contributed by atoms with van der Waals surface area (Å²) in [5, 5.41) is 0. The van der Waals surface area contributed by atoms with Crippen LogP contribution in [0.3, 0.4) is 0 Å². The third-order valence-electron chi connectivity index (χ3n) is 4.26. The molecule has 1 aliphatic rings. The van der Waals surface area contributed by atoms with Gasteiger partial charge in [-0.2, -0.15) is 0 Å². The van der Waals surface area contributed by atoms with Crippen LogP contribution in [0.4, 0.5) is 4.39 Å². The van der Waals surface area contributed by atoms with Gasteiger partial charge < -0.3 is 10.5 Å². The number of hydrogen-bond acceptors (Lipinski definition) is 2. The number of hydrogen-bond donors (Lipinski definition) is 1. The molecule has 1 aromatic rings. The molecule has 0 heterocycles. The number of benzene rings is 1. The molecule has 0 radical (unpaired) electrons. The molecule has 0 spiro atoms. The summed E-state index contributed by atoms with van der Waals surface area (Å²) in [5.41, 5.74) is 7.42. The highest BCUT2D eigenvalue weighted by Gasteiger charge is 2.62. The fourth-order valence-corrected chi connectivity index (χ4v) is 2.83. The number of ether oxygens (including phenoxy) is 1. The molecule has 1 aromatic carbocycles. The molecular formula is C14H20FNO. The molecule has 1 unspecified atom stereocenters. The fraction of sp³-hybridized carbons (Fsp3) is 0.571. The Bertz CT molecular complexity index is 456. The second-order valence-electron chi connectivity index (χ2n) is 5.65. The average Bonchev–Trinajstić information content (AvgIpc) is 2.85. The molecule has 0 aromatic heterocycles. The van der Waals surface area contributed by atoms with Gasteiger partial charge in [-0.25, -0.2) is 4.39 Å². The summed E-state index contributed by atoms with van der Waals surface area (Å²) in [6.45, 7) is 6.60. The van der Waals surface area contributed by atoms with Gasteiger partial charge in [0.15, 0.2) is 0 Å². The fourth-order valence-electron chi connectivity index (χ4n) is 2.83. The van der Waals surface area contributed by atoms with Crippen LogP contribution in [0.1, 0.15) is 31.4 Å². The largest absolute Gasteiger partial charge is 0.496 e. The van der Waals surface area contributed by atoms with Crippen molar-refractivity contribution < 1.29 is 9.13 Å². The van der Waals surface area contributed by atoms with E-state index in [1.165, 1.54) is 0 Å². The molecule has 2 rings (SSSR count). The number of nitrogens with two attached hydrogens (primary N) is 1. The number of rotatable bonds is 3. The third-order valence-corrected chi connectivity index (χ3v) is 4.26. The molecule has 2 N–H and O–H groups in total. The third kappa shape index (κ3) is 1.64. The highest BCUT2D eigenvalue weighted by atomic mass is 19.1. The molecule has 94 valence electrons. The predicted octanol–water partition coefficient (Wildman–Crippen LogP) is 2.77. The standard InChI is InChI=1S/C14H20FNO/c1-9-5-12(17-4)10(6-11(9)15)14(8-16)7-13(14,2)3/h5-6H,7-8,16H2,1-4H3. The average molecular weight is 237 g/mol. The Balaban J connectivity index is 2.56. The van der Waals surface area contributed by atoms with E-state index in [0.29, 0.717) is 12.1 Å². The maximum Gasteiger partial charge on any atom is 0.126 e. The van der Waals surface area contributed by atoms with Crippen LogP contribution in [-0.4, -0.2) is 13.7 Å². The van der Waals surface area contributed by atoms with Crippen molar-refractivity contribution in [2.45, 2.75) is 32.6 Å². The Morgan fingerprint density at radius 2 is 2.00 bits per heavy atom. The minimum atomic E-state index is -0.184. The van der Waals surface area contributed by atoms with Crippen molar-refractivity contribution in [3.05, 3.63) is 29.1 Å². The zero-order valence-corrected chi connectivity index (χ0v) is 10.9. The molecule has 0 saturated heterocycles. The van der Waals surface area contributed by atoms with Crippen LogP contribution in [-0.2, 0) is 5.41 Å². The van der Waals surface area contributed by atoms with Gasteiger partial charge in [0, 0.05) is 17.5 Å². The van der Waals surface area contributed by atoms with Gasteiger partial charge in [0.25, 0.3) is 0 Å². The molecule has 1 aliphatic carbocycles. The van der Waals surface area contributed by atoms with E-state index in [4.69, 9.17) is 10.5 Å². The summed E-state index contributed by atoms with van der Waals surface area (Å²) in [5.74, 6) is 0.566. The maximum absolute atomic E-state index is 13.7. The van der Waals surface area contributed by atoms with Crippen LogP contribution in [0.2, 0.25) is 0 Å². The van der Waals surface area contributed by atoms with Gasteiger partial charge in [-0.15, -0.1) is 0 Å². The normalized spacial score (nSPS) is 25.8. The number of methoxy groups -OCH3 is 1. The van der Waals surface area contributed by atoms with Crippen molar-refractivity contribution in [3.8, 4) is 5.75 Å². The second kappa shape index (κ2) is 3.70. The Morgan fingerprint density at radius 3 is 2.41 bits per heavy atom. The van der Waals surface area contributed by atoms with E-state index < -0.39 is 0 Å². The summed E-state index contributed by atoms with van der Waals surface area (Å²) in [4.78, 5) is 0. The molecule has 0 bridgehead atoms. The van der Waals surface area contributed by atoms with Gasteiger partial charge in [0.1, 0.15) is 11.6 Å². The van der Waals surface area contributed by atoms with Crippen molar-refractivity contribution >= 4 is 0 Å². The minimum Gasteiger partial charge on any atom is -0.496 e. The summed E-state index contributed by atoms with van der Waals surface area (Å²) >= 11 is 0. The topological polar surface area (TPSA) is 35.2 Å². The molecule has 0 amide bonds. The Hall–Kier alpha value is -1.09. The van der Waals surface area contributed by atoms with Crippen LogP contribution < -0.4 is 10.5 Å². The zero-order chi connectivity index (χ0) is 12.8. The first-order valence-electron chi connectivity index (χ1n) is 5.92. The second-order valence-corrected chi connectivity index (χ2v) is 5.65. The van der Waals surface area contributed by atoms with Gasteiger partial charge in [-0.1, -0.05) is 13.8 Å². The van der Waals surface area contributed by atoms with E-state index in [1.807, 2.05) is 0 Å². The molecule has 17 heavy (non-hydrogen) atoms. The van der Waals surface area contributed by atoms with Crippen molar-refractivity contribution in [3.63, 3.8) is 0 Å². The molecular weight excluding hydrogens is 217 g/mol. The Morgan fingerprint density at radius 1 is 1.41 bits per heavy atom. The van der Waals surface area contributed by atoms with Gasteiger partial charge in [0.2, 0.25) is 0 Å². The lowest BCUT2D eigenvalue weighted by Crippen LogP contribution is -2.26. The smallest absolute Gasteiger partial charge is 0.126 e. The van der Waals surface area contributed by atoms with Gasteiger partial charge >= 0.3 is 0 Å². The van der Waals surface area contributed by atoms with Crippen LogP contribution >= 0.6 is 0 Å². The first kappa shape index (κ1) is 12.4. The summed E-state index contributed by atoms with van der Waals surface area (Å²) in [6.07, 6.45) is 0.982. The quantitative estimate of drug-likeness (QED) is 0.877. The van der Waals surface area contributed by atoms with E-state index in [9.17, 15) is 4.39 Å². The molecule has 1 fully saturated rings. The van der Waals surface area contributed by atoms with E-state index in [0.717, 1.165) is 17.7 Å². The summed E-state index contributed by atoms with van der Waals surface area (Å²) < 4.78 is 19.1. The van der Waals surface area contributed by atoms with Crippen LogP contribution in [0.5, 0.6) is 5.75 Å². The summed E-state index contributed by atoms with van der Waals surface area (Å²) in [7, 11) is 1.62.